The molecule has 8 nitrogen and oxygen atoms in total. The molecule has 0 radical (unpaired) electrons. The number of halogens is 2. The van der Waals surface area contributed by atoms with Crippen LogP contribution in [-0.4, -0.2) is 55.2 Å². The first-order valence-corrected chi connectivity index (χ1v) is 12.0. The molecule has 3 aliphatic rings. The van der Waals surface area contributed by atoms with Crippen LogP contribution in [0.3, 0.4) is 0 Å². The van der Waals surface area contributed by atoms with Gasteiger partial charge in [-0.2, -0.15) is 4.39 Å². The molecule has 2 saturated heterocycles. The minimum Gasteiger partial charge on any atom is -0.507 e. The monoisotopic (exact) mass is 480 g/mol. The van der Waals surface area contributed by atoms with E-state index in [2.05, 4.69) is 20.5 Å². The van der Waals surface area contributed by atoms with Crippen molar-refractivity contribution in [2.45, 2.75) is 62.4 Å². The van der Waals surface area contributed by atoms with Crippen LogP contribution in [0, 0.1) is 5.95 Å². The third-order valence-electron chi connectivity index (χ3n) is 7.44. The molecule has 4 heterocycles. The highest BCUT2D eigenvalue weighted by atomic mass is 19.1. The Morgan fingerprint density at radius 2 is 1.94 bits per heavy atom. The largest absolute Gasteiger partial charge is 0.507 e. The lowest BCUT2D eigenvalue weighted by molar-refractivity contribution is 0.171. The molecule has 0 spiro atoms. The molecule has 35 heavy (non-hydrogen) atoms. The van der Waals surface area contributed by atoms with E-state index >= 15 is 4.39 Å². The van der Waals surface area contributed by atoms with Gasteiger partial charge in [-0.3, -0.25) is 9.36 Å². The van der Waals surface area contributed by atoms with Crippen LogP contribution in [0.2, 0.25) is 0 Å². The SMILES string of the molecule is Cn1c(F)cc(-c2ccc(-c3cnc(N(C4CC4)[C@@H]4C[C@@H]5CC[C@H](N5)[C@@H]4F)nn3)c(O)c2)cc1=O. The summed E-state index contributed by atoms with van der Waals surface area (Å²) in [5.41, 5.74) is 1.15. The lowest BCUT2D eigenvalue weighted by Crippen LogP contribution is -2.57. The second kappa shape index (κ2) is 8.37. The molecular formula is C25H26F2N6O2. The highest BCUT2D eigenvalue weighted by Crippen LogP contribution is 2.39. The van der Waals surface area contributed by atoms with Crippen molar-refractivity contribution in [2.24, 2.45) is 7.05 Å². The summed E-state index contributed by atoms with van der Waals surface area (Å²) in [6.07, 6.45) is 5.12. The summed E-state index contributed by atoms with van der Waals surface area (Å²) in [7, 11) is 1.35. The van der Waals surface area contributed by atoms with Crippen molar-refractivity contribution in [2.75, 3.05) is 4.90 Å². The summed E-state index contributed by atoms with van der Waals surface area (Å²) in [6.45, 7) is 0. The molecule has 1 aromatic carbocycles. The van der Waals surface area contributed by atoms with Gasteiger partial charge in [-0.15, -0.1) is 10.2 Å². The first-order valence-electron chi connectivity index (χ1n) is 12.0. The number of pyridine rings is 1. The van der Waals surface area contributed by atoms with Crippen molar-refractivity contribution in [3.8, 4) is 28.1 Å². The third-order valence-corrected chi connectivity index (χ3v) is 7.44. The average Bonchev–Trinajstić information content (AvgIpc) is 3.60. The molecule has 182 valence electrons. The van der Waals surface area contributed by atoms with Gasteiger partial charge in [0.05, 0.1) is 12.2 Å². The number of anilines is 1. The Labute approximate surface area is 200 Å². The average molecular weight is 481 g/mol. The number of hydrogen-bond donors (Lipinski definition) is 2. The summed E-state index contributed by atoms with van der Waals surface area (Å²) < 4.78 is 30.1. The fraction of sp³-hybridized carbons (Fsp3) is 0.440. The predicted molar refractivity (Wildman–Crippen MR) is 126 cm³/mol. The molecule has 2 aromatic heterocycles. The molecule has 1 saturated carbocycles. The summed E-state index contributed by atoms with van der Waals surface area (Å²) in [6, 6.07) is 7.50. The van der Waals surface area contributed by atoms with E-state index in [4.69, 9.17) is 0 Å². The topological polar surface area (TPSA) is 96.2 Å². The lowest BCUT2D eigenvalue weighted by atomic mass is 9.96. The zero-order valence-electron chi connectivity index (χ0n) is 19.2. The Balaban J connectivity index is 1.27. The molecule has 2 bridgehead atoms. The van der Waals surface area contributed by atoms with Crippen LogP contribution in [0.15, 0.2) is 41.3 Å². The van der Waals surface area contributed by atoms with Crippen LogP contribution < -0.4 is 15.8 Å². The quantitative estimate of drug-likeness (QED) is 0.542. The summed E-state index contributed by atoms with van der Waals surface area (Å²) >= 11 is 0. The van der Waals surface area contributed by atoms with Gasteiger partial charge in [-0.1, -0.05) is 6.07 Å². The first-order chi connectivity index (χ1) is 16.9. The molecule has 1 aliphatic carbocycles. The van der Waals surface area contributed by atoms with E-state index in [0.29, 0.717) is 34.4 Å². The number of fused-ring (bicyclic) bond motifs is 2. The molecule has 3 fully saturated rings. The summed E-state index contributed by atoms with van der Waals surface area (Å²) in [5.74, 6) is -0.346. The standard InChI is InChI=1S/C25H26F2N6O2/c1-32-22(26)9-14(10-23(32)35)13-2-6-17(21(34)8-13)19-12-28-25(31-30-19)33(16-4-5-16)20-11-15-3-7-18(29-15)24(20)27/h2,6,8-10,12,15-16,18,20,24,29,34H,3-5,7,11H2,1H3/t15-,18-,20+,24-/m0/s1. The van der Waals surface area contributed by atoms with Gasteiger partial charge < -0.3 is 15.3 Å². The van der Waals surface area contributed by atoms with Crippen molar-refractivity contribution in [3.05, 3.63) is 52.8 Å². The molecule has 0 amide bonds. The number of phenols is 1. The van der Waals surface area contributed by atoms with Crippen LogP contribution in [0.4, 0.5) is 14.7 Å². The predicted octanol–water partition coefficient (Wildman–Crippen LogP) is 2.95. The van der Waals surface area contributed by atoms with Gasteiger partial charge >= 0.3 is 0 Å². The molecule has 0 unspecified atom stereocenters. The number of hydrogen-bond acceptors (Lipinski definition) is 7. The van der Waals surface area contributed by atoms with Gasteiger partial charge in [-0.25, -0.2) is 9.37 Å². The minimum absolute atomic E-state index is 0.0924. The lowest BCUT2D eigenvalue weighted by Gasteiger charge is -2.40. The normalized spacial score (nSPS) is 25.6. The Bertz CT molecular complexity index is 1330. The Kier molecular flexibility index (Phi) is 5.28. The van der Waals surface area contributed by atoms with Gasteiger partial charge in [-0.05, 0) is 61.4 Å². The van der Waals surface area contributed by atoms with Gasteiger partial charge in [0.1, 0.15) is 17.6 Å². The zero-order chi connectivity index (χ0) is 24.3. The van der Waals surface area contributed by atoms with E-state index < -0.39 is 17.7 Å². The highest BCUT2D eigenvalue weighted by Gasteiger charge is 2.48. The molecule has 10 heteroatoms. The molecule has 2 aliphatic heterocycles. The number of rotatable bonds is 5. The second-order valence-electron chi connectivity index (χ2n) is 9.77. The number of aromatic hydroxyl groups is 1. The van der Waals surface area contributed by atoms with Crippen LogP contribution in [0.5, 0.6) is 5.75 Å². The minimum atomic E-state index is -0.978. The van der Waals surface area contributed by atoms with E-state index in [9.17, 15) is 14.3 Å². The van der Waals surface area contributed by atoms with Gasteiger partial charge in [0, 0.05) is 36.8 Å². The first kappa shape index (κ1) is 22.1. The fourth-order valence-corrected chi connectivity index (χ4v) is 5.39. The van der Waals surface area contributed by atoms with Crippen molar-refractivity contribution in [1.29, 1.82) is 0 Å². The second-order valence-corrected chi connectivity index (χ2v) is 9.77. The van der Waals surface area contributed by atoms with Crippen molar-refractivity contribution in [1.82, 2.24) is 25.1 Å². The van der Waals surface area contributed by atoms with Crippen molar-refractivity contribution >= 4 is 5.95 Å². The maximum Gasteiger partial charge on any atom is 0.253 e. The number of phenolic OH excluding ortho intramolecular Hbond substituents is 1. The molecule has 3 aromatic rings. The highest BCUT2D eigenvalue weighted by molar-refractivity contribution is 5.73. The Morgan fingerprint density at radius 1 is 1.11 bits per heavy atom. The summed E-state index contributed by atoms with van der Waals surface area (Å²) in [5, 5.41) is 22.6. The van der Waals surface area contributed by atoms with Crippen LogP contribution >= 0.6 is 0 Å². The number of aromatic nitrogens is 4. The van der Waals surface area contributed by atoms with E-state index in [1.807, 2.05) is 4.90 Å². The molecule has 4 atom stereocenters. The van der Waals surface area contributed by atoms with E-state index in [-0.39, 0.29) is 23.9 Å². The Hall–Kier alpha value is -3.40. The number of benzene rings is 1. The zero-order valence-corrected chi connectivity index (χ0v) is 19.2. The molecular weight excluding hydrogens is 454 g/mol. The maximum absolute atomic E-state index is 15.3. The maximum atomic E-state index is 15.3. The van der Waals surface area contributed by atoms with Crippen molar-refractivity contribution < 1.29 is 13.9 Å². The smallest absolute Gasteiger partial charge is 0.253 e. The molecule has 6 rings (SSSR count). The van der Waals surface area contributed by atoms with Crippen LogP contribution in [0.1, 0.15) is 32.1 Å². The number of nitrogens with zero attached hydrogens (tertiary/aromatic N) is 5. The van der Waals surface area contributed by atoms with Gasteiger partial charge in [0.25, 0.3) is 5.56 Å². The van der Waals surface area contributed by atoms with Gasteiger partial charge in [0.15, 0.2) is 5.95 Å². The van der Waals surface area contributed by atoms with E-state index in [1.165, 1.54) is 31.4 Å². The Morgan fingerprint density at radius 3 is 2.63 bits per heavy atom. The third kappa shape index (κ3) is 3.95. The van der Waals surface area contributed by atoms with Crippen LogP contribution in [-0.2, 0) is 7.05 Å². The van der Waals surface area contributed by atoms with E-state index in [1.54, 1.807) is 12.1 Å². The fourth-order valence-electron chi connectivity index (χ4n) is 5.39. The van der Waals surface area contributed by atoms with E-state index in [0.717, 1.165) is 36.7 Å². The molecule has 2 N–H and O–H groups in total. The van der Waals surface area contributed by atoms with Crippen molar-refractivity contribution in [3.63, 3.8) is 0 Å². The number of alkyl halides is 1. The summed E-state index contributed by atoms with van der Waals surface area (Å²) in [4.78, 5) is 18.5. The van der Waals surface area contributed by atoms with Gasteiger partial charge in [0.2, 0.25) is 5.95 Å². The number of piperidine rings is 1. The van der Waals surface area contributed by atoms with Crippen LogP contribution in [0.25, 0.3) is 22.4 Å². The number of nitrogens with one attached hydrogen (secondary N) is 1.